The number of carbonyl (C=O) groups is 1. The van der Waals surface area contributed by atoms with Crippen molar-refractivity contribution >= 4 is 17.3 Å². The fraction of sp³-hybridized carbons (Fsp3) is 0.0714. The van der Waals surface area contributed by atoms with Crippen LogP contribution in [0.15, 0.2) is 36.4 Å². The lowest BCUT2D eigenvalue weighted by Gasteiger charge is -2.28. The third-order valence-corrected chi connectivity index (χ3v) is 3.35. The Labute approximate surface area is 123 Å². The molecule has 1 atom stereocenters. The second-order valence-corrected chi connectivity index (χ2v) is 4.71. The quantitative estimate of drug-likeness (QED) is 0.583. The van der Waals surface area contributed by atoms with Gasteiger partial charge in [0.05, 0.1) is 16.2 Å². The SMILES string of the molecule is O=C1N[C@H](c2cc([N+](=O)[O-])ccc2O)Nc2cccc(F)c21. The van der Waals surface area contributed by atoms with Crippen molar-refractivity contribution in [3.8, 4) is 5.75 Å². The topological polar surface area (TPSA) is 104 Å². The molecule has 0 saturated heterocycles. The fourth-order valence-electron chi connectivity index (χ4n) is 2.31. The summed E-state index contributed by atoms with van der Waals surface area (Å²) in [6.07, 6.45) is -0.901. The normalized spacial score (nSPS) is 16.4. The smallest absolute Gasteiger partial charge is 0.270 e. The van der Waals surface area contributed by atoms with E-state index in [9.17, 15) is 24.4 Å². The first-order valence-corrected chi connectivity index (χ1v) is 6.30. The number of non-ortho nitro benzene ring substituents is 1. The Morgan fingerprint density at radius 3 is 2.73 bits per heavy atom. The molecule has 112 valence electrons. The van der Waals surface area contributed by atoms with Crippen molar-refractivity contribution in [2.24, 2.45) is 0 Å². The maximum absolute atomic E-state index is 13.7. The minimum atomic E-state index is -0.901. The third kappa shape index (κ3) is 2.20. The number of nitrogens with zero attached hydrogens (tertiary/aromatic N) is 1. The molecule has 0 bridgehead atoms. The van der Waals surface area contributed by atoms with Gasteiger partial charge in [0, 0.05) is 17.7 Å². The van der Waals surface area contributed by atoms with Gasteiger partial charge >= 0.3 is 0 Å². The molecule has 2 aromatic rings. The Morgan fingerprint density at radius 1 is 1.23 bits per heavy atom. The molecule has 0 radical (unpaired) electrons. The fourth-order valence-corrected chi connectivity index (χ4v) is 2.31. The van der Waals surface area contributed by atoms with E-state index >= 15 is 0 Å². The molecule has 0 fully saturated rings. The Morgan fingerprint density at radius 2 is 2.00 bits per heavy atom. The number of benzene rings is 2. The van der Waals surface area contributed by atoms with Crippen LogP contribution in [0.2, 0.25) is 0 Å². The second-order valence-electron chi connectivity index (χ2n) is 4.71. The molecular weight excluding hydrogens is 293 g/mol. The number of rotatable bonds is 2. The summed E-state index contributed by atoms with van der Waals surface area (Å²) in [5.41, 5.74) is 0.00896. The van der Waals surface area contributed by atoms with Gasteiger partial charge in [-0.05, 0) is 18.2 Å². The number of nitrogens with one attached hydrogen (secondary N) is 2. The number of amides is 1. The largest absolute Gasteiger partial charge is 0.508 e. The maximum atomic E-state index is 13.7. The first-order chi connectivity index (χ1) is 10.5. The van der Waals surface area contributed by atoms with Crippen molar-refractivity contribution in [1.82, 2.24) is 5.32 Å². The van der Waals surface area contributed by atoms with Crippen molar-refractivity contribution in [2.75, 3.05) is 5.32 Å². The van der Waals surface area contributed by atoms with Crippen LogP contribution < -0.4 is 10.6 Å². The lowest BCUT2D eigenvalue weighted by molar-refractivity contribution is -0.385. The van der Waals surface area contributed by atoms with Gasteiger partial charge < -0.3 is 15.7 Å². The van der Waals surface area contributed by atoms with Crippen molar-refractivity contribution in [2.45, 2.75) is 6.17 Å². The summed E-state index contributed by atoms with van der Waals surface area (Å²) in [4.78, 5) is 22.2. The second kappa shape index (κ2) is 4.99. The lowest BCUT2D eigenvalue weighted by Crippen LogP contribution is -2.39. The van der Waals surface area contributed by atoms with Gasteiger partial charge in [-0.2, -0.15) is 0 Å². The van der Waals surface area contributed by atoms with Gasteiger partial charge in [-0.15, -0.1) is 0 Å². The van der Waals surface area contributed by atoms with Crippen LogP contribution in [0.1, 0.15) is 22.1 Å². The van der Waals surface area contributed by atoms with Gasteiger partial charge in [-0.3, -0.25) is 14.9 Å². The first kappa shape index (κ1) is 13.8. The van der Waals surface area contributed by atoms with E-state index in [1.54, 1.807) is 0 Å². The molecule has 1 aliphatic heterocycles. The highest BCUT2D eigenvalue weighted by molar-refractivity contribution is 6.02. The van der Waals surface area contributed by atoms with Crippen LogP contribution in [0.3, 0.4) is 0 Å². The monoisotopic (exact) mass is 303 g/mol. The standard InChI is InChI=1S/C14H10FN3O4/c15-9-2-1-3-10-12(9)14(20)17-13(16-10)8-6-7(18(21)22)4-5-11(8)19/h1-6,13,16,19H,(H,17,20)/t13-/m1/s1. The predicted molar refractivity (Wildman–Crippen MR) is 75.0 cm³/mol. The van der Waals surface area contributed by atoms with Crippen molar-refractivity contribution in [1.29, 1.82) is 0 Å². The number of phenolic OH excluding ortho intramolecular Hbond substituents is 1. The highest BCUT2D eigenvalue weighted by Crippen LogP contribution is 2.33. The number of hydrogen-bond acceptors (Lipinski definition) is 5. The van der Waals surface area contributed by atoms with Crippen molar-refractivity contribution in [3.63, 3.8) is 0 Å². The van der Waals surface area contributed by atoms with Gasteiger partial charge in [-0.1, -0.05) is 6.07 Å². The number of hydrogen-bond donors (Lipinski definition) is 3. The minimum absolute atomic E-state index is 0.123. The zero-order valence-corrected chi connectivity index (χ0v) is 11.0. The number of halogens is 1. The molecule has 1 aliphatic rings. The minimum Gasteiger partial charge on any atom is -0.508 e. The molecule has 1 heterocycles. The number of nitro groups is 1. The Balaban J connectivity index is 2.03. The van der Waals surface area contributed by atoms with E-state index < -0.39 is 22.8 Å². The molecule has 3 rings (SSSR count). The molecule has 8 heteroatoms. The molecule has 22 heavy (non-hydrogen) atoms. The van der Waals surface area contributed by atoms with Gasteiger partial charge in [0.25, 0.3) is 11.6 Å². The summed E-state index contributed by atoms with van der Waals surface area (Å²) in [5, 5.41) is 26.0. The van der Waals surface area contributed by atoms with E-state index in [-0.39, 0.29) is 28.3 Å². The van der Waals surface area contributed by atoms with Crippen molar-refractivity contribution < 1.29 is 19.2 Å². The highest BCUT2D eigenvalue weighted by Gasteiger charge is 2.29. The summed E-state index contributed by atoms with van der Waals surface area (Å²) in [5.74, 6) is -1.56. The first-order valence-electron chi connectivity index (χ1n) is 6.30. The number of fused-ring (bicyclic) bond motifs is 1. The molecule has 0 aliphatic carbocycles. The van der Waals surface area contributed by atoms with E-state index in [4.69, 9.17) is 0 Å². The molecule has 3 N–H and O–H groups in total. The predicted octanol–water partition coefficient (Wildman–Crippen LogP) is 2.29. The number of nitro benzene ring substituents is 1. The van der Waals surface area contributed by atoms with E-state index in [2.05, 4.69) is 10.6 Å². The molecule has 2 aromatic carbocycles. The number of carbonyl (C=O) groups excluding carboxylic acids is 1. The van der Waals surface area contributed by atoms with Crippen LogP contribution in [0.4, 0.5) is 15.8 Å². The third-order valence-electron chi connectivity index (χ3n) is 3.35. The van der Waals surface area contributed by atoms with Crippen molar-refractivity contribution in [3.05, 3.63) is 63.5 Å². The van der Waals surface area contributed by atoms with Gasteiger partial charge in [-0.25, -0.2) is 4.39 Å². The average molecular weight is 303 g/mol. The summed E-state index contributed by atoms with van der Waals surface area (Å²) in [6, 6.07) is 7.57. The van der Waals surface area contributed by atoms with Gasteiger partial charge in [0.2, 0.25) is 0 Å². The zero-order valence-electron chi connectivity index (χ0n) is 11.0. The highest BCUT2D eigenvalue weighted by atomic mass is 19.1. The molecular formula is C14H10FN3O4. The van der Waals surface area contributed by atoms with E-state index in [1.165, 1.54) is 18.2 Å². The molecule has 0 spiro atoms. The molecule has 7 nitrogen and oxygen atoms in total. The van der Waals surface area contributed by atoms with Crippen LogP contribution in [0.25, 0.3) is 0 Å². The zero-order chi connectivity index (χ0) is 15.9. The van der Waals surface area contributed by atoms with Crippen LogP contribution in [0, 0.1) is 15.9 Å². The molecule has 1 amide bonds. The maximum Gasteiger partial charge on any atom is 0.270 e. The van der Waals surface area contributed by atoms with E-state index in [0.717, 1.165) is 18.2 Å². The van der Waals surface area contributed by atoms with Crippen LogP contribution in [-0.4, -0.2) is 15.9 Å². The Bertz CT molecular complexity index is 794. The molecule has 0 saturated carbocycles. The summed E-state index contributed by atoms with van der Waals surface area (Å²) >= 11 is 0. The Kier molecular flexibility index (Phi) is 3.13. The molecule has 0 aromatic heterocycles. The summed E-state index contributed by atoms with van der Waals surface area (Å²) in [7, 11) is 0. The van der Waals surface area contributed by atoms with Gasteiger partial charge in [0.1, 0.15) is 17.7 Å². The van der Waals surface area contributed by atoms with E-state index in [0.29, 0.717) is 0 Å². The van der Waals surface area contributed by atoms with Crippen LogP contribution in [-0.2, 0) is 0 Å². The summed E-state index contributed by atoms with van der Waals surface area (Å²) < 4.78 is 13.7. The van der Waals surface area contributed by atoms with Gasteiger partial charge in [0.15, 0.2) is 0 Å². The van der Waals surface area contributed by atoms with Crippen LogP contribution in [0.5, 0.6) is 5.75 Å². The molecule has 0 unspecified atom stereocenters. The average Bonchev–Trinajstić information content (AvgIpc) is 2.47. The number of phenols is 1. The lowest BCUT2D eigenvalue weighted by atomic mass is 10.0. The number of aromatic hydroxyl groups is 1. The van der Waals surface area contributed by atoms with E-state index in [1.807, 2.05) is 0 Å². The Hall–Kier alpha value is -3.16. The summed E-state index contributed by atoms with van der Waals surface area (Å²) in [6.45, 7) is 0. The number of anilines is 1. The van der Waals surface area contributed by atoms with Crippen LogP contribution >= 0.6 is 0 Å².